The SMILES string of the molecule is O=C(O)c1nc2cccnc2n1CC(F)(F)F. The molecular weight excluding hydrogens is 239 g/mol. The summed E-state index contributed by atoms with van der Waals surface area (Å²) in [7, 11) is 0. The van der Waals surface area contributed by atoms with Gasteiger partial charge in [-0.05, 0) is 12.1 Å². The number of alkyl halides is 3. The molecule has 2 aromatic heterocycles. The molecule has 0 amide bonds. The molecule has 0 aromatic carbocycles. The number of halogens is 3. The van der Waals surface area contributed by atoms with E-state index in [1.54, 1.807) is 0 Å². The summed E-state index contributed by atoms with van der Waals surface area (Å²) in [6.07, 6.45) is -3.25. The highest BCUT2D eigenvalue weighted by molar-refractivity contribution is 5.88. The Kier molecular flexibility index (Phi) is 2.49. The zero-order valence-electron chi connectivity index (χ0n) is 8.27. The minimum absolute atomic E-state index is 0.0952. The number of aromatic nitrogens is 3. The molecule has 2 aromatic rings. The first-order chi connectivity index (χ1) is 7.88. The van der Waals surface area contributed by atoms with E-state index in [-0.39, 0.29) is 11.2 Å². The van der Waals surface area contributed by atoms with Gasteiger partial charge in [0.15, 0.2) is 5.65 Å². The Morgan fingerprint density at radius 2 is 2.18 bits per heavy atom. The summed E-state index contributed by atoms with van der Waals surface area (Å²) >= 11 is 0. The van der Waals surface area contributed by atoms with Crippen molar-refractivity contribution in [2.24, 2.45) is 0 Å². The number of aromatic carboxylic acids is 1. The predicted molar refractivity (Wildman–Crippen MR) is 50.5 cm³/mol. The topological polar surface area (TPSA) is 68.0 Å². The third kappa shape index (κ3) is 2.19. The van der Waals surface area contributed by atoms with E-state index >= 15 is 0 Å². The number of carboxylic acids is 1. The lowest BCUT2D eigenvalue weighted by Crippen LogP contribution is -2.21. The van der Waals surface area contributed by atoms with Gasteiger partial charge in [-0.2, -0.15) is 13.2 Å². The normalized spacial score (nSPS) is 11.9. The molecule has 5 nitrogen and oxygen atoms in total. The molecule has 0 unspecified atom stereocenters. The van der Waals surface area contributed by atoms with Crippen LogP contribution in [0.3, 0.4) is 0 Å². The quantitative estimate of drug-likeness (QED) is 0.874. The molecule has 2 rings (SSSR count). The van der Waals surface area contributed by atoms with Gasteiger partial charge in [0, 0.05) is 6.20 Å². The molecule has 0 radical (unpaired) electrons. The minimum Gasteiger partial charge on any atom is -0.475 e. The molecule has 90 valence electrons. The minimum atomic E-state index is -4.53. The highest BCUT2D eigenvalue weighted by Crippen LogP contribution is 2.22. The lowest BCUT2D eigenvalue weighted by molar-refractivity contribution is -0.140. The predicted octanol–water partition coefficient (Wildman–Crippen LogP) is 1.69. The lowest BCUT2D eigenvalue weighted by Gasteiger charge is -2.09. The van der Waals surface area contributed by atoms with Crippen LogP contribution in [0.5, 0.6) is 0 Å². The van der Waals surface area contributed by atoms with Crippen molar-refractivity contribution in [3.8, 4) is 0 Å². The van der Waals surface area contributed by atoms with E-state index < -0.39 is 24.5 Å². The third-order valence-electron chi connectivity index (χ3n) is 2.03. The molecule has 2 heterocycles. The van der Waals surface area contributed by atoms with E-state index in [2.05, 4.69) is 9.97 Å². The Labute approximate surface area is 92.5 Å². The first-order valence-electron chi connectivity index (χ1n) is 4.50. The molecule has 8 heteroatoms. The average Bonchev–Trinajstić information content (AvgIpc) is 2.55. The zero-order valence-corrected chi connectivity index (χ0v) is 8.27. The molecule has 0 bridgehead atoms. The molecule has 0 fully saturated rings. The van der Waals surface area contributed by atoms with Crippen LogP contribution in [0.1, 0.15) is 10.6 Å². The van der Waals surface area contributed by atoms with Crippen LogP contribution in [-0.4, -0.2) is 31.8 Å². The number of nitrogens with zero attached hydrogens (tertiary/aromatic N) is 3. The third-order valence-corrected chi connectivity index (χ3v) is 2.03. The van der Waals surface area contributed by atoms with Crippen LogP contribution in [0, 0.1) is 0 Å². The highest BCUT2D eigenvalue weighted by Gasteiger charge is 2.32. The molecule has 0 aliphatic heterocycles. The van der Waals surface area contributed by atoms with Gasteiger partial charge in [0.05, 0.1) is 0 Å². The Morgan fingerprint density at radius 3 is 2.76 bits per heavy atom. The number of rotatable bonds is 2. The standard InChI is InChI=1S/C9H6F3N3O2/c10-9(11,12)4-15-6-5(2-1-3-13-6)14-7(15)8(16)17/h1-3H,4H2,(H,16,17). The smallest absolute Gasteiger partial charge is 0.406 e. The molecular formula is C9H6F3N3O2. The maximum absolute atomic E-state index is 12.3. The van der Waals surface area contributed by atoms with Gasteiger partial charge in [0.1, 0.15) is 12.1 Å². The Bertz CT molecular complexity index is 576. The second-order valence-electron chi connectivity index (χ2n) is 3.29. The summed E-state index contributed by atoms with van der Waals surface area (Å²) in [6, 6.07) is 2.88. The van der Waals surface area contributed by atoms with Crippen LogP contribution >= 0.6 is 0 Å². The summed E-state index contributed by atoms with van der Waals surface area (Å²) in [6.45, 7) is -1.43. The van der Waals surface area contributed by atoms with Crippen LogP contribution in [-0.2, 0) is 6.54 Å². The van der Waals surface area contributed by atoms with Crippen molar-refractivity contribution < 1.29 is 23.1 Å². The molecule has 0 saturated heterocycles. The van der Waals surface area contributed by atoms with E-state index in [1.807, 2.05) is 0 Å². The Morgan fingerprint density at radius 1 is 1.47 bits per heavy atom. The molecule has 1 N–H and O–H groups in total. The van der Waals surface area contributed by atoms with Crippen molar-refractivity contribution in [2.45, 2.75) is 12.7 Å². The van der Waals surface area contributed by atoms with Crippen molar-refractivity contribution in [1.82, 2.24) is 14.5 Å². The van der Waals surface area contributed by atoms with Crippen LogP contribution < -0.4 is 0 Å². The van der Waals surface area contributed by atoms with Gasteiger partial charge >= 0.3 is 12.1 Å². The first kappa shape index (κ1) is 11.4. The molecule has 0 spiro atoms. The number of pyridine rings is 1. The second kappa shape index (κ2) is 3.72. The number of hydrogen-bond donors (Lipinski definition) is 1. The van der Waals surface area contributed by atoms with E-state index in [9.17, 15) is 18.0 Å². The van der Waals surface area contributed by atoms with E-state index in [1.165, 1.54) is 18.3 Å². The van der Waals surface area contributed by atoms with Crippen LogP contribution in [0.15, 0.2) is 18.3 Å². The maximum atomic E-state index is 12.3. The van der Waals surface area contributed by atoms with Gasteiger partial charge in [-0.3, -0.25) is 4.57 Å². The van der Waals surface area contributed by atoms with Crippen LogP contribution in [0.25, 0.3) is 11.2 Å². The van der Waals surface area contributed by atoms with Gasteiger partial charge in [-0.1, -0.05) is 0 Å². The van der Waals surface area contributed by atoms with Gasteiger partial charge in [-0.15, -0.1) is 0 Å². The molecule has 0 saturated carbocycles. The lowest BCUT2D eigenvalue weighted by atomic mass is 10.4. The van der Waals surface area contributed by atoms with Crippen molar-refractivity contribution in [3.63, 3.8) is 0 Å². The fraction of sp³-hybridized carbons (Fsp3) is 0.222. The van der Waals surface area contributed by atoms with Gasteiger partial charge in [0.2, 0.25) is 5.82 Å². The van der Waals surface area contributed by atoms with Crippen LogP contribution in [0.2, 0.25) is 0 Å². The Hall–Kier alpha value is -2.12. The average molecular weight is 245 g/mol. The van der Waals surface area contributed by atoms with Crippen LogP contribution in [0.4, 0.5) is 13.2 Å². The number of carbonyl (C=O) groups is 1. The van der Waals surface area contributed by atoms with E-state index in [4.69, 9.17) is 5.11 Å². The van der Waals surface area contributed by atoms with Gasteiger partial charge in [0.25, 0.3) is 0 Å². The largest absolute Gasteiger partial charge is 0.475 e. The second-order valence-corrected chi connectivity index (χ2v) is 3.29. The monoisotopic (exact) mass is 245 g/mol. The summed E-state index contributed by atoms with van der Waals surface area (Å²) in [5.41, 5.74) is 0.0244. The fourth-order valence-electron chi connectivity index (χ4n) is 1.45. The fourth-order valence-corrected chi connectivity index (χ4v) is 1.45. The summed E-state index contributed by atoms with van der Waals surface area (Å²) in [5.74, 6) is -2.19. The number of carboxylic acid groups (broad SMARTS) is 1. The van der Waals surface area contributed by atoms with Crippen molar-refractivity contribution in [1.29, 1.82) is 0 Å². The molecule has 17 heavy (non-hydrogen) atoms. The Balaban J connectivity index is 2.64. The maximum Gasteiger partial charge on any atom is 0.406 e. The molecule has 0 aliphatic carbocycles. The molecule has 0 aliphatic rings. The summed E-state index contributed by atoms with van der Waals surface area (Å²) in [4.78, 5) is 18.1. The highest BCUT2D eigenvalue weighted by atomic mass is 19.4. The van der Waals surface area contributed by atoms with Crippen molar-refractivity contribution >= 4 is 17.1 Å². The number of hydrogen-bond acceptors (Lipinski definition) is 3. The summed E-state index contributed by atoms with van der Waals surface area (Å²) in [5, 5.41) is 8.79. The number of imidazole rings is 1. The van der Waals surface area contributed by atoms with E-state index in [0.717, 1.165) is 0 Å². The number of fused-ring (bicyclic) bond motifs is 1. The zero-order chi connectivity index (χ0) is 12.6. The van der Waals surface area contributed by atoms with Gasteiger partial charge < -0.3 is 5.11 Å². The van der Waals surface area contributed by atoms with Crippen molar-refractivity contribution in [2.75, 3.05) is 0 Å². The summed E-state index contributed by atoms with van der Waals surface area (Å²) < 4.78 is 37.5. The first-order valence-corrected chi connectivity index (χ1v) is 4.50. The van der Waals surface area contributed by atoms with E-state index in [0.29, 0.717) is 4.57 Å². The molecule has 0 atom stereocenters. The van der Waals surface area contributed by atoms with Crippen molar-refractivity contribution in [3.05, 3.63) is 24.2 Å². The van der Waals surface area contributed by atoms with Gasteiger partial charge in [-0.25, -0.2) is 14.8 Å².